The zero-order valence-corrected chi connectivity index (χ0v) is 18.2. The Morgan fingerprint density at radius 3 is 2.55 bits per heavy atom. The molecule has 0 saturated carbocycles. The van der Waals surface area contributed by atoms with E-state index in [0.717, 1.165) is 51.5 Å². The average molecular weight is 406 g/mol. The summed E-state index contributed by atoms with van der Waals surface area (Å²) in [5, 5.41) is 16.2. The minimum absolute atomic E-state index is 0.367. The number of aromatic hydroxyl groups is 1. The molecule has 0 aliphatic carbocycles. The zero-order chi connectivity index (χ0) is 20.8. The van der Waals surface area contributed by atoms with Gasteiger partial charge < -0.3 is 15.2 Å². The summed E-state index contributed by atoms with van der Waals surface area (Å²) in [4.78, 5) is 0.774. The molecule has 0 bridgehead atoms. The molecule has 4 heteroatoms. The molecule has 2 N–H and O–H groups in total. The van der Waals surface area contributed by atoms with Gasteiger partial charge in [-0.2, -0.15) is 0 Å². The summed E-state index contributed by atoms with van der Waals surface area (Å²) in [7, 11) is 0. The normalized spacial score (nSPS) is 18.2. The Labute approximate surface area is 177 Å². The van der Waals surface area contributed by atoms with Crippen molar-refractivity contribution in [1.82, 2.24) is 0 Å². The lowest BCUT2D eigenvalue weighted by Gasteiger charge is -2.38. The number of anilines is 1. The maximum absolute atomic E-state index is 10.4. The Morgan fingerprint density at radius 2 is 1.79 bits per heavy atom. The van der Waals surface area contributed by atoms with Crippen LogP contribution in [0.15, 0.2) is 42.5 Å². The second-order valence-electron chi connectivity index (χ2n) is 8.37. The highest BCUT2D eigenvalue weighted by Gasteiger charge is 2.35. The zero-order valence-electron chi connectivity index (χ0n) is 17.4. The lowest BCUT2D eigenvalue weighted by atomic mass is 9.85. The second kappa shape index (κ2) is 7.34. The monoisotopic (exact) mass is 405 g/mol. The predicted octanol–water partition coefficient (Wildman–Crippen LogP) is 6.38. The number of phenolic OH excluding ortho intramolecular Hbond substituents is 1. The van der Waals surface area contributed by atoms with Crippen LogP contribution in [0.3, 0.4) is 0 Å². The van der Waals surface area contributed by atoms with Gasteiger partial charge in [-0.3, -0.25) is 0 Å². The average Bonchev–Trinajstić information content (AvgIpc) is 2.70. The Morgan fingerprint density at radius 1 is 1.07 bits per heavy atom. The number of ether oxygens (including phenoxy) is 1. The minimum atomic E-state index is -0.367. The highest BCUT2D eigenvalue weighted by Crippen LogP contribution is 2.44. The quantitative estimate of drug-likeness (QED) is 0.496. The smallest absolute Gasteiger partial charge is 0.127 e. The lowest BCUT2D eigenvalue weighted by Crippen LogP contribution is -2.40. The van der Waals surface area contributed by atoms with Crippen LogP contribution in [0.25, 0.3) is 10.8 Å². The van der Waals surface area contributed by atoms with E-state index in [1.54, 1.807) is 0 Å². The van der Waals surface area contributed by atoms with Crippen molar-refractivity contribution in [3.05, 3.63) is 64.7 Å². The van der Waals surface area contributed by atoms with Crippen LogP contribution in [-0.2, 0) is 6.42 Å². The Balaban J connectivity index is 1.52. The number of rotatable bonds is 3. The third-order valence-corrected chi connectivity index (χ3v) is 6.41. The van der Waals surface area contributed by atoms with E-state index in [1.807, 2.05) is 32.9 Å². The van der Waals surface area contributed by atoms with Gasteiger partial charge in [-0.25, -0.2) is 0 Å². The maximum Gasteiger partial charge on any atom is 0.127 e. The van der Waals surface area contributed by atoms with E-state index < -0.39 is 0 Å². The molecule has 3 nitrogen and oxygen atoms in total. The van der Waals surface area contributed by atoms with Crippen LogP contribution in [0.2, 0.25) is 0 Å². The topological polar surface area (TPSA) is 41.5 Å². The van der Waals surface area contributed by atoms with Gasteiger partial charge in [-0.1, -0.05) is 42.5 Å². The van der Waals surface area contributed by atoms with Crippen molar-refractivity contribution in [2.75, 3.05) is 5.32 Å². The lowest BCUT2D eigenvalue weighted by molar-refractivity contribution is 0.0716. The van der Waals surface area contributed by atoms with Gasteiger partial charge in [0.05, 0.1) is 4.99 Å². The van der Waals surface area contributed by atoms with Gasteiger partial charge in [0.25, 0.3) is 0 Å². The Kier molecular flexibility index (Phi) is 4.99. The number of benzene rings is 3. The van der Waals surface area contributed by atoms with Crippen molar-refractivity contribution in [3.8, 4) is 11.5 Å². The van der Waals surface area contributed by atoms with Gasteiger partial charge in [0.15, 0.2) is 0 Å². The van der Waals surface area contributed by atoms with E-state index in [-0.39, 0.29) is 5.60 Å². The predicted molar refractivity (Wildman–Crippen MR) is 124 cm³/mol. The number of phenols is 1. The fourth-order valence-electron chi connectivity index (χ4n) is 4.23. The van der Waals surface area contributed by atoms with Gasteiger partial charge >= 0.3 is 0 Å². The third kappa shape index (κ3) is 3.69. The summed E-state index contributed by atoms with van der Waals surface area (Å²) in [6.45, 7) is 8.06. The van der Waals surface area contributed by atoms with E-state index in [4.69, 9.17) is 17.0 Å². The van der Waals surface area contributed by atoms with Gasteiger partial charge in [-0.05, 0) is 80.1 Å². The van der Waals surface area contributed by atoms with Crippen LogP contribution in [-0.4, -0.2) is 15.7 Å². The summed E-state index contributed by atoms with van der Waals surface area (Å²) in [6.07, 6.45) is 2.39. The summed E-state index contributed by atoms with van der Waals surface area (Å²) in [5.74, 6) is 1.31. The fraction of sp³-hybridized carbons (Fsp3) is 0.320. The first kappa shape index (κ1) is 19.7. The first-order valence-electron chi connectivity index (χ1n) is 10.1. The largest absolute Gasteiger partial charge is 0.507 e. The van der Waals surface area contributed by atoms with Crippen LogP contribution >= 0.6 is 12.2 Å². The molecular weight excluding hydrogens is 378 g/mol. The summed E-state index contributed by atoms with van der Waals surface area (Å²) < 4.78 is 6.51. The fourth-order valence-corrected chi connectivity index (χ4v) is 4.65. The van der Waals surface area contributed by atoms with E-state index in [2.05, 4.69) is 42.6 Å². The molecule has 1 atom stereocenters. The first-order valence-corrected chi connectivity index (χ1v) is 10.5. The summed E-state index contributed by atoms with van der Waals surface area (Å²) >= 11 is 5.68. The maximum atomic E-state index is 10.4. The molecular formula is C25H27NO2S. The minimum Gasteiger partial charge on any atom is -0.507 e. The van der Waals surface area contributed by atoms with E-state index >= 15 is 0 Å². The first-order chi connectivity index (χ1) is 13.8. The third-order valence-electron chi connectivity index (χ3n) is 6.16. The molecule has 3 aromatic rings. The molecule has 1 unspecified atom stereocenters. The highest BCUT2D eigenvalue weighted by atomic mass is 32.1. The van der Waals surface area contributed by atoms with Gasteiger partial charge in [0, 0.05) is 17.7 Å². The second-order valence-corrected chi connectivity index (χ2v) is 8.86. The number of hydrogen-bond donors (Lipinski definition) is 2. The van der Waals surface area contributed by atoms with E-state index in [1.165, 1.54) is 10.8 Å². The van der Waals surface area contributed by atoms with E-state index in [9.17, 15) is 5.11 Å². The molecule has 3 aromatic carbocycles. The summed E-state index contributed by atoms with van der Waals surface area (Å²) in [6, 6.07) is 14.6. The Bertz CT molecular complexity index is 1120. The van der Waals surface area contributed by atoms with Gasteiger partial charge in [0.2, 0.25) is 0 Å². The van der Waals surface area contributed by atoms with Crippen molar-refractivity contribution < 1.29 is 9.84 Å². The van der Waals surface area contributed by atoms with Crippen molar-refractivity contribution in [1.29, 1.82) is 0 Å². The standard InChI is InChI=1S/C25H27NO2S/c1-15-16(2)24-21(17(3)23(15)27)11-12-25(4,28-24)14-22(29)26-20-10-9-18-7-5-6-8-19(18)13-20/h5-10,13,27H,11-12,14H2,1-4H3,(H,26,29). The molecule has 1 aliphatic heterocycles. The Hall–Kier alpha value is -2.59. The molecule has 0 aromatic heterocycles. The molecule has 1 aliphatic rings. The molecule has 0 spiro atoms. The molecule has 0 fully saturated rings. The number of thiocarbonyl (C=S) groups is 1. The number of hydrogen-bond acceptors (Lipinski definition) is 3. The molecule has 150 valence electrons. The summed E-state index contributed by atoms with van der Waals surface area (Å²) in [5.41, 5.74) is 4.60. The number of nitrogens with one attached hydrogen (secondary N) is 1. The SMILES string of the molecule is Cc1c(C)c2c(c(C)c1O)CCC(C)(CC(=S)Nc1ccc3ccccc3c1)O2. The van der Waals surface area contributed by atoms with E-state index in [0.29, 0.717) is 12.2 Å². The molecule has 1 heterocycles. The van der Waals surface area contributed by atoms with Crippen LogP contribution < -0.4 is 10.1 Å². The van der Waals surface area contributed by atoms with Crippen LogP contribution in [0.4, 0.5) is 5.69 Å². The van der Waals surface area contributed by atoms with Crippen molar-refractivity contribution >= 4 is 33.7 Å². The molecule has 29 heavy (non-hydrogen) atoms. The van der Waals surface area contributed by atoms with Crippen molar-refractivity contribution in [2.24, 2.45) is 0 Å². The van der Waals surface area contributed by atoms with Crippen LogP contribution in [0.5, 0.6) is 11.5 Å². The van der Waals surface area contributed by atoms with Crippen molar-refractivity contribution in [3.63, 3.8) is 0 Å². The molecule has 0 radical (unpaired) electrons. The molecule has 0 saturated heterocycles. The van der Waals surface area contributed by atoms with Gasteiger partial charge in [0.1, 0.15) is 17.1 Å². The van der Waals surface area contributed by atoms with Crippen molar-refractivity contribution in [2.45, 2.75) is 52.6 Å². The highest BCUT2D eigenvalue weighted by molar-refractivity contribution is 7.80. The molecule has 4 rings (SSSR count). The van der Waals surface area contributed by atoms with Crippen LogP contribution in [0.1, 0.15) is 42.0 Å². The van der Waals surface area contributed by atoms with Crippen LogP contribution in [0, 0.1) is 20.8 Å². The van der Waals surface area contributed by atoms with Gasteiger partial charge in [-0.15, -0.1) is 0 Å². The number of fused-ring (bicyclic) bond motifs is 2. The molecule has 0 amide bonds.